The normalized spacial score (nSPS) is 11.5. The monoisotopic (exact) mass is 1080 g/mol. The standard InChI is InChI=1S/C78H46N6O/c79-45-49-42-43-57(55(44-49)46-80)78-81-47-56(48-82-78)71-69(53-30-12-4-13-31-53)74(83-62-38-20-16-34-58(62)59-35-17-21-39-63(59)83)75(84-64-40-22-18-36-60(64)61-37-19-23-41-65(61)84)73-72-68(52-28-10-3-11-29-52)66(50-24-6-1-7-25-50)67(51-26-8-2-9-27-51)70(76(72)85-77(71)73)54-32-14-5-15-33-54/h1-44,47-48H. The van der Waals surface area contributed by atoms with Crippen LogP contribution in [0.25, 0.3) is 155 Å². The number of hydrogen-bond donors (Lipinski definition) is 0. The van der Waals surface area contributed by atoms with E-state index in [-0.39, 0.29) is 0 Å². The molecule has 0 amide bonds. The molecule has 0 spiro atoms. The highest BCUT2D eigenvalue weighted by atomic mass is 16.3. The fourth-order valence-corrected chi connectivity index (χ4v) is 13.2. The van der Waals surface area contributed by atoms with Gasteiger partial charge < -0.3 is 13.6 Å². The summed E-state index contributed by atoms with van der Waals surface area (Å²) in [6, 6.07) is 98.2. The lowest BCUT2D eigenvalue weighted by Crippen LogP contribution is -2.08. The molecule has 0 saturated carbocycles. The van der Waals surface area contributed by atoms with Crippen LogP contribution in [-0.4, -0.2) is 19.1 Å². The summed E-state index contributed by atoms with van der Waals surface area (Å²) in [5.74, 6) is 0.356. The summed E-state index contributed by atoms with van der Waals surface area (Å²) in [5, 5.41) is 26.6. The minimum Gasteiger partial charge on any atom is -0.455 e. The lowest BCUT2D eigenvalue weighted by molar-refractivity contribution is 0.671. The Balaban J connectivity index is 1.24. The molecule has 0 radical (unpaired) electrons. The number of rotatable bonds is 9. The fraction of sp³-hybridized carbons (Fsp3) is 0. The van der Waals surface area contributed by atoms with Crippen LogP contribution < -0.4 is 0 Å². The van der Waals surface area contributed by atoms with Gasteiger partial charge in [0, 0.05) is 78.3 Å². The van der Waals surface area contributed by atoms with Gasteiger partial charge in [0.2, 0.25) is 0 Å². The van der Waals surface area contributed by atoms with Crippen LogP contribution in [0.15, 0.2) is 284 Å². The fourth-order valence-electron chi connectivity index (χ4n) is 13.2. The molecule has 0 saturated heterocycles. The van der Waals surface area contributed by atoms with Crippen molar-refractivity contribution in [2.75, 3.05) is 0 Å². The van der Waals surface area contributed by atoms with E-state index in [1.54, 1.807) is 18.2 Å². The number of fused-ring (bicyclic) bond motifs is 9. The molecule has 4 aromatic heterocycles. The average molecular weight is 1080 g/mol. The summed E-state index contributed by atoms with van der Waals surface area (Å²) in [6.07, 6.45) is 3.74. The molecule has 12 aromatic carbocycles. The second-order valence-corrected chi connectivity index (χ2v) is 21.3. The van der Waals surface area contributed by atoms with Crippen molar-refractivity contribution in [2.45, 2.75) is 0 Å². The van der Waals surface area contributed by atoms with E-state index in [4.69, 9.17) is 14.4 Å². The number of hydrogen-bond acceptors (Lipinski definition) is 5. The zero-order valence-corrected chi connectivity index (χ0v) is 45.6. The van der Waals surface area contributed by atoms with Crippen LogP contribution in [0.5, 0.6) is 0 Å². The van der Waals surface area contributed by atoms with Crippen molar-refractivity contribution in [2.24, 2.45) is 0 Å². The Kier molecular flexibility index (Phi) is 11.5. The lowest BCUT2D eigenvalue weighted by atomic mass is 9.80. The minimum atomic E-state index is 0.311. The van der Waals surface area contributed by atoms with Crippen molar-refractivity contribution in [3.05, 3.63) is 290 Å². The van der Waals surface area contributed by atoms with Crippen molar-refractivity contribution in [3.63, 3.8) is 0 Å². The van der Waals surface area contributed by atoms with E-state index in [0.29, 0.717) is 39.2 Å². The summed E-state index contributed by atoms with van der Waals surface area (Å²) >= 11 is 0. The SMILES string of the molecule is N#Cc1ccc(-c2ncc(-c3c(-c4ccccc4)c(-n4c5ccccc5c5ccccc54)c(-n4c5ccccc5c5ccccc54)c4c3oc3c(-c5ccccc5)c(-c5ccccc5)c(-c5ccccc5)c(-c5ccccc5)c34)cn2)c(C#N)c1. The molecule has 0 aliphatic carbocycles. The molecule has 394 valence electrons. The van der Waals surface area contributed by atoms with Gasteiger partial charge >= 0.3 is 0 Å². The maximum atomic E-state index is 10.5. The van der Waals surface area contributed by atoms with Crippen LogP contribution in [0, 0.1) is 22.7 Å². The van der Waals surface area contributed by atoms with E-state index in [2.05, 4.69) is 270 Å². The molecule has 0 bridgehead atoms. The maximum absolute atomic E-state index is 10.5. The quantitative estimate of drug-likeness (QED) is 0.143. The molecule has 4 heterocycles. The molecule has 16 rings (SSSR count). The summed E-state index contributed by atoms with van der Waals surface area (Å²) in [4.78, 5) is 10.3. The van der Waals surface area contributed by atoms with Gasteiger partial charge in [0.05, 0.1) is 62.1 Å². The van der Waals surface area contributed by atoms with Crippen LogP contribution in [-0.2, 0) is 0 Å². The third kappa shape index (κ3) is 7.66. The molecule has 7 nitrogen and oxygen atoms in total. The van der Waals surface area contributed by atoms with Crippen LogP contribution in [0.4, 0.5) is 0 Å². The first-order chi connectivity index (χ1) is 42.2. The van der Waals surface area contributed by atoms with E-state index < -0.39 is 0 Å². The molecule has 7 heteroatoms. The first-order valence-electron chi connectivity index (χ1n) is 28.3. The van der Waals surface area contributed by atoms with Crippen molar-refractivity contribution < 1.29 is 4.42 Å². The van der Waals surface area contributed by atoms with Crippen LogP contribution in [0.1, 0.15) is 11.1 Å². The summed E-state index contributed by atoms with van der Waals surface area (Å²) < 4.78 is 13.2. The lowest BCUT2D eigenvalue weighted by Gasteiger charge is -2.25. The molecular formula is C78H46N6O. The second-order valence-electron chi connectivity index (χ2n) is 21.3. The molecular weight excluding hydrogens is 1040 g/mol. The number of nitrogens with zero attached hydrogens (tertiary/aromatic N) is 6. The third-order valence-corrected chi connectivity index (χ3v) is 16.7. The van der Waals surface area contributed by atoms with Crippen molar-refractivity contribution >= 4 is 65.6 Å². The number of para-hydroxylation sites is 4. The van der Waals surface area contributed by atoms with Gasteiger partial charge in [0.15, 0.2) is 5.82 Å². The van der Waals surface area contributed by atoms with Gasteiger partial charge in [-0.3, -0.25) is 0 Å². The van der Waals surface area contributed by atoms with Gasteiger partial charge in [-0.1, -0.05) is 224 Å². The predicted octanol–water partition coefficient (Wildman–Crippen LogP) is 20.0. The molecule has 85 heavy (non-hydrogen) atoms. The van der Waals surface area contributed by atoms with Gasteiger partial charge in [-0.2, -0.15) is 10.5 Å². The zero-order valence-electron chi connectivity index (χ0n) is 45.6. The largest absolute Gasteiger partial charge is 0.455 e. The molecule has 0 fully saturated rings. The smallest absolute Gasteiger partial charge is 0.160 e. The third-order valence-electron chi connectivity index (χ3n) is 16.7. The first kappa shape index (κ1) is 49.0. The van der Waals surface area contributed by atoms with Gasteiger partial charge in [-0.25, -0.2) is 9.97 Å². The van der Waals surface area contributed by atoms with E-state index in [1.807, 2.05) is 12.4 Å². The maximum Gasteiger partial charge on any atom is 0.160 e. The molecule has 0 N–H and O–H groups in total. The summed E-state index contributed by atoms with van der Waals surface area (Å²) in [7, 11) is 0. The van der Waals surface area contributed by atoms with Crippen molar-refractivity contribution in [1.82, 2.24) is 19.1 Å². The Labute approximate surface area is 489 Å². The van der Waals surface area contributed by atoms with E-state index in [1.165, 1.54) is 0 Å². The highest BCUT2D eigenvalue weighted by molar-refractivity contribution is 6.30. The molecule has 0 atom stereocenters. The Hall–Kier alpha value is -11.9. The number of benzene rings is 12. The van der Waals surface area contributed by atoms with E-state index in [0.717, 1.165) is 127 Å². The number of aromatic nitrogens is 4. The molecule has 0 unspecified atom stereocenters. The van der Waals surface area contributed by atoms with E-state index >= 15 is 0 Å². The Morgan fingerprint density at radius 3 is 1.13 bits per heavy atom. The highest BCUT2D eigenvalue weighted by Crippen LogP contribution is 2.59. The zero-order chi connectivity index (χ0) is 56.5. The second kappa shape index (κ2) is 20.0. The van der Waals surface area contributed by atoms with Gasteiger partial charge in [0.25, 0.3) is 0 Å². The Bertz CT molecular complexity index is 5300. The van der Waals surface area contributed by atoms with Gasteiger partial charge in [-0.15, -0.1) is 0 Å². The first-order valence-corrected chi connectivity index (χ1v) is 28.3. The van der Waals surface area contributed by atoms with Crippen LogP contribution >= 0.6 is 0 Å². The Morgan fingerprint density at radius 1 is 0.318 bits per heavy atom. The average Bonchev–Trinajstić information content (AvgIpc) is 1.60. The van der Waals surface area contributed by atoms with Crippen LogP contribution in [0.2, 0.25) is 0 Å². The van der Waals surface area contributed by atoms with Crippen molar-refractivity contribution in [3.8, 4) is 102 Å². The molecule has 0 aliphatic rings. The summed E-state index contributed by atoms with van der Waals surface area (Å²) in [6.45, 7) is 0. The van der Waals surface area contributed by atoms with Gasteiger partial charge in [0.1, 0.15) is 11.2 Å². The highest BCUT2D eigenvalue weighted by Gasteiger charge is 2.36. The topological polar surface area (TPSA) is 96.4 Å². The van der Waals surface area contributed by atoms with Crippen LogP contribution in [0.3, 0.4) is 0 Å². The predicted molar refractivity (Wildman–Crippen MR) is 345 cm³/mol. The Morgan fingerprint density at radius 2 is 0.682 bits per heavy atom. The number of furan rings is 1. The summed E-state index contributed by atoms with van der Waals surface area (Å²) in [5.41, 5.74) is 20.1. The van der Waals surface area contributed by atoms with E-state index in [9.17, 15) is 10.5 Å². The number of nitriles is 2. The van der Waals surface area contributed by atoms with Gasteiger partial charge in [-0.05, 0) is 75.8 Å². The minimum absolute atomic E-state index is 0.311. The molecule has 0 aliphatic heterocycles. The van der Waals surface area contributed by atoms with Crippen molar-refractivity contribution in [1.29, 1.82) is 10.5 Å². The molecule has 16 aromatic rings.